The van der Waals surface area contributed by atoms with Gasteiger partial charge in [-0.05, 0) is 97.6 Å². The summed E-state index contributed by atoms with van der Waals surface area (Å²) in [6.07, 6.45) is 7.22. The smallest absolute Gasteiger partial charge is 0.339 e. The van der Waals surface area contributed by atoms with Crippen LogP contribution in [0.25, 0.3) is 0 Å². The molecule has 0 aliphatic heterocycles. The summed E-state index contributed by atoms with van der Waals surface area (Å²) in [6.45, 7) is 0.596. The van der Waals surface area contributed by atoms with Gasteiger partial charge in [0.25, 0.3) is 0 Å². The van der Waals surface area contributed by atoms with Gasteiger partial charge in [-0.3, -0.25) is 0 Å². The fraction of sp³-hybridized carbons (Fsp3) is 0.273. The molecule has 4 nitrogen and oxygen atoms in total. The molecular formula is C44H46O4. The lowest BCUT2D eigenvalue weighted by molar-refractivity contribution is 0.0446. The van der Waals surface area contributed by atoms with Gasteiger partial charge in [0, 0.05) is 0 Å². The number of carbonyl (C=O) groups is 2. The molecule has 0 aliphatic rings. The molecule has 0 fully saturated rings. The number of carbonyl (C=O) groups excluding carboxylic acids is 2. The van der Waals surface area contributed by atoms with Crippen LogP contribution < -0.4 is 0 Å². The van der Waals surface area contributed by atoms with Gasteiger partial charge in [-0.25, -0.2) is 9.59 Å². The van der Waals surface area contributed by atoms with E-state index in [-0.39, 0.29) is 11.1 Å². The van der Waals surface area contributed by atoms with Crippen molar-refractivity contribution >= 4 is 11.9 Å². The van der Waals surface area contributed by atoms with Gasteiger partial charge in [0.2, 0.25) is 0 Å². The van der Waals surface area contributed by atoms with E-state index in [9.17, 15) is 9.59 Å². The molecule has 48 heavy (non-hydrogen) atoms. The SMILES string of the molecule is O=C(OCCCC(Cc1ccccc1)Cc1ccccc1)c1ccccc1C(=O)OCCCC(Cc1ccccc1)Cc1ccccc1. The van der Waals surface area contributed by atoms with Crippen LogP contribution in [0.15, 0.2) is 146 Å². The Morgan fingerprint density at radius 1 is 0.396 bits per heavy atom. The molecule has 5 aromatic carbocycles. The predicted octanol–water partition coefficient (Wildman–Crippen LogP) is 9.76. The largest absolute Gasteiger partial charge is 0.462 e. The highest BCUT2D eigenvalue weighted by molar-refractivity contribution is 6.03. The van der Waals surface area contributed by atoms with Crippen LogP contribution in [0, 0.1) is 11.8 Å². The van der Waals surface area contributed by atoms with Gasteiger partial charge in [0.15, 0.2) is 0 Å². The predicted molar refractivity (Wildman–Crippen MR) is 193 cm³/mol. The second-order valence-corrected chi connectivity index (χ2v) is 12.6. The zero-order valence-electron chi connectivity index (χ0n) is 27.7. The van der Waals surface area contributed by atoms with E-state index in [1.165, 1.54) is 22.3 Å². The Kier molecular flexibility index (Phi) is 13.6. The monoisotopic (exact) mass is 638 g/mol. The highest BCUT2D eigenvalue weighted by Crippen LogP contribution is 2.22. The summed E-state index contributed by atoms with van der Waals surface area (Å²) < 4.78 is 11.4. The van der Waals surface area contributed by atoms with Crippen LogP contribution in [0.1, 0.15) is 68.7 Å². The molecule has 0 saturated heterocycles. The third-order valence-electron chi connectivity index (χ3n) is 8.82. The summed E-state index contributed by atoms with van der Waals surface area (Å²) in [5.41, 5.74) is 5.74. The number of ether oxygens (including phenoxy) is 2. The zero-order valence-corrected chi connectivity index (χ0v) is 27.7. The molecule has 0 heterocycles. The normalized spacial score (nSPS) is 11.0. The Morgan fingerprint density at radius 2 is 0.667 bits per heavy atom. The fourth-order valence-corrected chi connectivity index (χ4v) is 6.41. The van der Waals surface area contributed by atoms with E-state index in [2.05, 4.69) is 97.1 Å². The third kappa shape index (κ3) is 11.4. The highest BCUT2D eigenvalue weighted by atomic mass is 16.5. The summed E-state index contributed by atoms with van der Waals surface area (Å²) in [5.74, 6) is -0.126. The lowest BCUT2D eigenvalue weighted by Gasteiger charge is -2.18. The van der Waals surface area contributed by atoms with Gasteiger partial charge < -0.3 is 9.47 Å². The molecule has 0 amide bonds. The first-order valence-corrected chi connectivity index (χ1v) is 17.2. The topological polar surface area (TPSA) is 52.6 Å². The van der Waals surface area contributed by atoms with Crippen LogP contribution in [0.5, 0.6) is 0 Å². The van der Waals surface area contributed by atoms with Crippen molar-refractivity contribution in [2.24, 2.45) is 11.8 Å². The van der Waals surface area contributed by atoms with E-state index in [1.807, 2.05) is 24.3 Å². The summed E-state index contributed by atoms with van der Waals surface area (Å²) >= 11 is 0. The first-order valence-electron chi connectivity index (χ1n) is 17.2. The number of hydrogen-bond acceptors (Lipinski definition) is 4. The lowest BCUT2D eigenvalue weighted by Crippen LogP contribution is -2.16. The van der Waals surface area contributed by atoms with Gasteiger partial charge in [0.1, 0.15) is 0 Å². The Hall–Kier alpha value is -4.96. The van der Waals surface area contributed by atoms with Gasteiger partial charge in [0.05, 0.1) is 24.3 Å². The average molecular weight is 639 g/mol. The number of rotatable bonds is 18. The second-order valence-electron chi connectivity index (χ2n) is 12.6. The minimum absolute atomic E-state index is 0.249. The Bertz CT molecular complexity index is 1440. The maximum Gasteiger partial charge on any atom is 0.339 e. The number of hydrogen-bond donors (Lipinski definition) is 0. The Morgan fingerprint density at radius 3 is 0.958 bits per heavy atom. The van der Waals surface area contributed by atoms with Crippen LogP contribution in [0.2, 0.25) is 0 Å². The molecule has 5 aromatic rings. The van der Waals surface area contributed by atoms with Crippen molar-refractivity contribution in [3.63, 3.8) is 0 Å². The second kappa shape index (κ2) is 19.0. The molecule has 5 rings (SSSR count). The van der Waals surface area contributed by atoms with E-state index < -0.39 is 11.9 Å². The molecule has 0 bridgehead atoms. The van der Waals surface area contributed by atoms with Crippen LogP contribution in [0.4, 0.5) is 0 Å². The number of benzene rings is 5. The minimum Gasteiger partial charge on any atom is -0.462 e. The summed E-state index contributed by atoms with van der Waals surface area (Å²) in [5, 5.41) is 0. The van der Waals surface area contributed by atoms with E-state index >= 15 is 0 Å². The molecule has 0 spiro atoms. The molecule has 0 saturated carbocycles. The fourth-order valence-electron chi connectivity index (χ4n) is 6.41. The van der Waals surface area contributed by atoms with E-state index in [0.29, 0.717) is 25.0 Å². The summed E-state index contributed by atoms with van der Waals surface area (Å²) in [6, 6.07) is 48.9. The Labute approximate surface area is 285 Å². The van der Waals surface area contributed by atoms with Gasteiger partial charge in [-0.15, -0.1) is 0 Å². The van der Waals surface area contributed by atoms with Gasteiger partial charge in [-0.1, -0.05) is 133 Å². The van der Waals surface area contributed by atoms with Crippen molar-refractivity contribution < 1.29 is 19.1 Å². The summed E-state index contributed by atoms with van der Waals surface area (Å²) in [7, 11) is 0. The Balaban J connectivity index is 1.10. The lowest BCUT2D eigenvalue weighted by atomic mass is 9.89. The molecule has 0 radical (unpaired) electrons. The van der Waals surface area contributed by atoms with Crippen molar-refractivity contribution in [3.8, 4) is 0 Å². The molecule has 0 aromatic heterocycles. The van der Waals surface area contributed by atoms with Crippen molar-refractivity contribution in [2.75, 3.05) is 13.2 Å². The zero-order chi connectivity index (χ0) is 33.2. The molecule has 246 valence electrons. The van der Waals surface area contributed by atoms with E-state index in [4.69, 9.17) is 9.47 Å². The standard InChI is InChI=1S/C44H46O4/c45-43(47-29-15-25-39(31-35-17-5-1-6-18-35)32-36-19-7-2-8-20-36)41-27-13-14-28-42(41)44(46)48-30-16-26-40(33-37-21-9-3-10-22-37)34-38-23-11-4-12-24-38/h1-14,17-24,27-28,39-40H,15-16,25-26,29-34H2. The molecule has 0 N–H and O–H groups in total. The maximum atomic E-state index is 13.1. The van der Waals surface area contributed by atoms with Crippen molar-refractivity contribution in [1.29, 1.82) is 0 Å². The van der Waals surface area contributed by atoms with Crippen molar-refractivity contribution in [2.45, 2.75) is 51.4 Å². The highest BCUT2D eigenvalue weighted by Gasteiger charge is 2.20. The first-order chi connectivity index (χ1) is 23.6. The van der Waals surface area contributed by atoms with Gasteiger partial charge in [-0.2, -0.15) is 0 Å². The number of esters is 2. The average Bonchev–Trinajstić information content (AvgIpc) is 3.13. The van der Waals surface area contributed by atoms with E-state index in [1.54, 1.807) is 24.3 Å². The maximum absolute atomic E-state index is 13.1. The molecule has 0 unspecified atom stereocenters. The van der Waals surface area contributed by atoms with Crippen LogP contribution in [0.3, 0.4) is 0 Å². The molecule has 0 atom stereocenters. The van der Waals surface area contributed by atoms with Crippen LogP contribution >= 0.6 is 0 Å². The molecule has 0 aliphatic carbocycles. The minimum atomic E-state index is -0.490. The van der Waals surface area contributed by atoms with E-state index in [0.717, 1.165) is 51.4 Å². The van der Waals surface area contributed by atoms with Crippen LogP contribution in [-0.4, -0.2) is 25.2 Å². The summed E-state index contributed by atoms with van der Waals surface area (Å²) in [4.78, 5) is 26.3. The molecule has 4 heteroatoms. The van der Waals surface area contributed by atoms with Gasteiger partial charge >= 0.3 is 11.9 Å². The van der Waals surface area contributed by atoms with Crippen molar-refractivity contribution in [1.82, 2.24) is 0 Å². The van der Waals surface area contributed by atoms with Crippen molar-refractivity contribution in [3.05, 3.63) is 179 Å². The van der Waals surface area contributed by atoms with Crippen LogP contribution in [-0.2, 0) is 35.2 Å². The first kappa shape index (κ1) is 34.4. The quantitative estimate of drug-likeness (QED) is 0.0708. The third-order valence-corrected chi connectivity index (χ3v) is 8.82. The molecular weight excluding hydrogens is 592 g/mol.